The highest BCUT2D eigenvalue weighted by molar-refractivity contribution is 5.96. The van der Waals surface area contributed by atoms with Crippen molar-refractivity contribution in [1.29, 1.82) is 0 Å². The Kier molecular flexibility index (Phi) is 3.74. The lowest BCUT2D eigenvalue weighted by Crippen LogP contribution is -2.42. The van der Waals surface area contributed by atoms with Crippen LogP contribution in [0.5, 0.6) is 5.75 Å². The van der Waals surface area contributed by atoms with Crippen LogP contribution in [0.4, 0.5) is 0 Å². The number of carbonyl (C=O) groups excluding carboxylic acids is 1. The number of methoxy groups -OCH3 is 1. The molecule has 1 aromatic carbocycles. The Labute approximate surface area is 118 Å². The molecule has 3 atom stereocenters. The molecule has 1 saturated carbocycles. The normalized spacial score (nSPS) is 29.1. The molecule has 3 unspecified atom stereocenters. The molecule has 0 aromatic heterocycles. The van der Waals surface area contributed by atoms with E-state index in [4.69, 9.17) is 14.2 Å². The monoisotopic (exact) mass is 274 g/mol. The fourth-order valence-corrected chi connectivity index (χ4v) is 2.84. The Balaban J connectivity index is 1.72. The number of ketones is 1. The van der Waals surface area contributed by atoms with Crippen molar-refractivity contribution in [3.63, 3.8) is 0 Å². The zero-order chi connectivity index (χ0) is 13.9. The van der Waals surface area contributed by atoms with Crippen LogP contribution < -0.4 is 4.74 Å². The van der Waals surface area contributed by atoms with Gasteiger partial charge < -0.3 is 14.2 Å². The molecule has 4 nitrogen and oxygen atoms in total. The molecule has 1 aliphatic carbocycles. The van der Waals surface area contributed by atoms with Crippen molar-refractivity contribution >= 4 is 5.78 Å². The van der Waals surface area contributed by atoms with Gasteiger partial charge in [0.1, 0.15) is 18.1 Å². The number of hydrogen-bond donors (Lipinski definition) is 0. The fraction of sp³-hybridized carbons (Fsp3) is 0.438. The molecule has 4 heteroatoms. The minimum absolute atomic E-state index is 0.0413. The Morgan fingerprint density at radius 2 is 2.00 bits per heavy atom. The number of ether oxygens (including phenoxy) is 3. The van der Waals surface area contributed by atoms with Crippen LogP contribution in [-0.4, -0.2) is 25.1 Å². The molecule has 106 valence electrons. The lowest BCUT2D eigenvalue weighted by atomic mass is 9.80. The number of hydrogen-bond acceptors (Lipinski definition) is 4. The second-order valence-electron chi connectivity index (χ2n) is 5.21. The van der Waals surface area contributed by atoms with Crippen LogP contribution in [0.25, 0.3) is 0 Å². The van der Waals surface area contributed by atoms with Gasteiger partial charge in [0.05, 0.1) is 12.0 Å². The molecule has 20 heavy (non-hydrogen) atoms. The van der Waals surface area contributed by atoms with Gasteiger partial charge in [-0.2, -0.15) is 0 Å². The lowest BCUT2D eigenvalue weighted by molar-refractivity contribution is -0.133. The zero-order valence-electron chi connectivity index (χ0n) is 11.5. The van der Waals surface area contributed by atoms with Gasteiger partial charge in [-0.3, -0.25) is 4.79 Å². The number of rotatable bonds is 3. The van der Waals surface area contributed by atoms with Crippen LogP contribution in [-0.2, 0) is 14.3 Å². The SMILES string of the molecule is COC1CCC2C(=O)C(Oc3ccccc3)=COC2C1. The maximum Gasteiger partial charge on any atom is 0.207 e. The van der Waals surface area contributed by atoms with E-state index >= 15 is 0 Å². The van der Waals surface area contributed by atoms with Crippen LogP contribution in [0.3, 0.4) is 0 Å². The Hall–Kier alpha value is -1.81. The first kappa shape index (κ1) is 13.2. The molecule has 0 saturated heterocycles. The maximum absolute atomic E-state index is 12.4. The Morgan fingerprint density at radius 3 is 2.75 bits per heavy atom. The predicted molar refractivity (Wildman–Crippen MR) is 73.2 cm³/mol. The lowest BCUT2D eigenvalue weighted by Gasteiger charge is -2.36. The average Bonchev–Trinajstić information content (AvgIpc) is 2.51. The van der Waals surface area contributed by atoms with Crippen molar-refractivity contribution in [3.8, 4) is 5.75 Å². The van der Waals surface area contributed by atoms with E-state index in [9.17, 15) is 4.79 Å². The van der Waals surface area contributed by atoms with E-state index in [1.54, 1.807) is 7.11 Å². The molecule has 1 aromatic rings. The fourth-order valence-electron chi connectivity index (χ4n) is 2.84. The largest absolute Gasteiger partial charge is 0.493 e. The molecule has 0 N–H and O–H groups in total. The summed E-state index contributed by atoms with van der Waals surface area (Å²) < 4.78 is 16.7. The van der Waals surface area contributed by atoms with E-state index < -0.39 is 0 Å². The second-order valence-corrected chi connectivity index (χ2v) is 5.21. The Bertz CT molecular complexity index is 508. The first-order chi connectivity index (χ1) is 9.78. The van der Waals surface area contributed by atoms with E-state index in [0.717, 1.165) is 19.3 Å². The summed E-state index contributed by atoms with van der Waals surface area (Å²) in [5.74, 6) is 0.887. The third-order valence-corrected chi connectivity index (χ3v) is 3.98. The first-order valence-corrected chi connectivity index (χ1v) is 6.93. The van der Waals surface area contributed by atoms with Gasteiger partial charge in [-0.1, -0.05) is 18.2 Å². The number of allylic oxidation sites excluding steroid dienone is 1. The molecule has 1 fully saturated rings. The van der Waals surface area contributed by atoms with Gasteiger partial charge >= 0.3 is 0 Å². The Morgan fingerprint density at radius 1 is 1.20 bits per heavy atom. The molecule has 0 spiro atoms. The highest BCUT2D eigenvalue weighted by Gasteiger charge is 2.41. The molecule has 1 aliphatic heterocycles. The van der Waals surface area contributed by atoms with Gasteiger partial charge in [0.15, 0.2) is 0 Å². The van der Waals surface area contributed by atoms with Gasteiger partial charge in [0, 0.05) is 13.5 Å². The summed E-state index contributed by atoms with van der Waals surface area (Å²) in [6.07, 6.45) is 4.01. The molecular formula is C16H18O4. The summed E-state index contributed by atoms with van der Waals surface area (Å²) in [7, 11) is 1.70. The quantitative estimate of drug-likeness (QED) is 0.850. The first-order valence-electron chi connectivity index (χ1n) is 6.93. The predicted octanol–water partition coefficient (Wildman–Crippen LogP) is 2.69. The highest BCUT2D eigenvalue weighted by atomic mass is 16.5. The minimum Gasteiger partial charge on any atom is -0.493 e. The molecule has 0 amide bonds. The van der Waals surface area contributed by atoms with Crippen molar-refractivity contribution in [3.05, 3.63) is 42.4 Å². The highest BCUT2D eigenvalue weighted by Crippen LogP contribution is 2.34. The topological polar surface area (TPSA) is 44.8 Å². The van der Waals surface area contributed by atoms with Crippen molar-refractivity contribution in [2.75, 3.05) is 7.11 Å². The molecule has 1 heterocycles. The van der Waals surface area contributed by atoms with Gasteiger partial charge in [0.25, 0.3) is 0 Å². The second kappa shape index (κ2) is 5.67. The number of Topliss-reactive ketones (excluding diaryl/α,β-unsaturated/α-hetero) is 1. The summed E-state index contributed by atoms with van der Waals surface area (Å²) in [5.41, 5.74) is 0. The van der Waals surface area contributed by atoms with E-state index in [1.165, 1.54) is 6.26 Å². The zero-order valence-corrected chi connectivity index (χ0v) is 11.5. The standard InChI is InChI=1S/C16H18O4/c1-18-12-7-8-13-14(9-12)19-10-15(16(13)17)20-11-5-3-2-4-6-11/h2-6,10,12-14H,7-9H2,1H3. The summed E-state index contributed by atoms with van der Waals surface area (Å²) in [4.78, 5) is 12.4. The van der Waals surface area contributed by atoms with Crippen LogP contribution >= 0.6 is 0 Å². The van der Waals surface area contributed by atoms with Gasteiger partial charge in [-0.15, -0.1) is 0 Å². The summed E-state index contributed by atoms with van der Waals surface area (Å²) in [6.45, 7) is 0. The molecular weight excluding hydrogens is 256 g/mol. The maximum atomic E-state index is 12.4. The summed E-state index contributed by atoms with van der Waals surface area (Å²) in [6, 6.07) is 9.29. The van der Waals surface area contributed by atoms with Crippen molar-refractivity contribution < 1.29 is 19.0 Å². The third-order valence-electron chi connectivity index (χ3n) is 3.98. The molecule has 2 aliphatic rings. The van der Waals surface area contributed by atoms with Crippen LogP contribution in [0, 0.1) is 5.92 Å². The van der Waals surface area contributed by atoms with Gasteiger partial charge in [-0.05, 0) is 25.0 Å². The number of benzene rings is 1. The number of fused-ring (bicyclic) bond motifs is 1. The molecule has 0 bridgehead atoms. The van der Waals surface area contributed by atoms with Crippen LogP contribution in [0.1, 0.15) is 19.3 Å². The van der Waals surface area contributed by atoms with E-state index in [2.05, 4.69) is 0 Å². The van der Waals surface area contributed by atoms with Crippen molar-refractivity contribution in [2.45, 2.75) is 31.5 Å². The third kappa shape index (κ3) is 2.56. The summed E-state index contributed by atoms with van der Waals surface area (Å²) in [5, 5.41) is 0. The van der Waals surface area contributed by atoms with Gasteiger partial charge in [-0.25, -0.2) is 0 Å². The average molecular weight is 274 g/mol. The smallest absolute Gasteiger partial charge is 0.207 e. The van der Waals surface area contributed by atoms with Crippen molar-refractivity contribution in [1.82, 2.24) is 0 Å². The van der Waals surface area contributed by atoms with Crippen LogP contribution in [0.2, 0.25) is 0 Å². The van der Waals surface area contributed by atoms with E-state index in [0.29, 0.717) is 11.5 Å². The minimum atomic E-state index is -0.106. The molecule has 3 rings (SSSR count). The van der Waals surface area contributed by atoms with E-state index in [1.807, 2.05) is 30.3 Å². The van der Waals surface area contributed by atoms with E-state index in [-0.39, 0.29) is 23.9 Å². The van der Waals surface area contributed by atoms with Crippen molar-refractivity contribution in [2.24, 2.45) is 5.92 Å². The number of para-hydroxylation sites is 1. The number of carbonyl (C=O) groups is 1. The summed E-state index contributed by atoms with van der Waals surface area (Å²) >= 11 is 0. The molecule has 0 radical (unpaired) electrons. The van der Waals surface area contributed by atoms with Crippen LogP contribution in [0.15, 0.2) is 42.4 Å². The van der Waals surface area contributed by atoms with Gasteiger partial charge in [0.2, 0.25) is 11.5 Å².